The molecule has 26 heavy (non-hydrogen) atoms. The number of allylic oxidation sites excluding steroid dienone is 11. The predicted octanol–water partition coefficient (Wildman–Crippen LogP) is 6.52. The maximum atomic E-state index is 10.9. The van der Waals surface area contributed by atoms with Crippen molar-refractivity contribution in [3.05, 3.63) is 72.6 Å². The summed E-state index contributed by atoms with van der Waals surface area (Å²) in [6.07, 6.45) is 31.0. The molecule has 0 spiro atoms. The Morgan fingerprint density at radius 2 is 1.27 bits per heavy atom. The van der Waals surface area contributed by atoms with Gasteiger partial charge in [0, 0.05) is 0 Å². The maximum absolute atomic E-state index is 10.9. The van der Waals surface area contributed by atoms with Gasteiger partial charge in [-0.05, 0) is 18.9 Å². The van der Waals surface area contributed by atoms with Gasteiger partial charge in [0.2, 0.25) is 5.76 Å². The van der Waals surface area contributed by atoms with Gasteiger partial charge >= 0.3 is 5.97 Å². The van der Waals surface area contributed by atoms with Gasteiger partial charge in [-0.3, -0.25) is 0 Å². The number of carbonyl (C=O) groups is 1. The molecule has 0 unspecified atom stereocenters. The Labute approximate surface area is 159 Å². The summed E-state index contributed by atoms with van der Waals surface area (Å²) in [5, 5.41) is 9.23. The highest BCUT2D eigenvalue weighted by Gasteiger charge is 2.03. The number of methoxy groups -OCH3 is 1. The lowest BCUT2D eigenvalue weighted by atomic mass is 10.1. The van der Waals surface area contributed by atoms with Crippen molar-refractivity contribution in [3.63, 3.8) is 0 Å². The molecule has 0 aromatic rings. The summed E-state index contributed by atoms with van der Waals surface area (Å²) in [6.45, 7) is 2.25. The molecule has 0 amide bonds. The van der Waals surface area contributed by atoms with Gasteiger partial charge in [-0.15, -0.1) is 0 Å². The standard InChI is InChI=1S/C23H34O3/c1-3-4-5-6-7-8-9-10-11-12-13-14-15-16-17-18-19-20-21-22(24)23(25)26-2/h11-21,24H,3-10H2,1-2H3. The molecule has 0 fully saturated rings. The highest BCUT2D eigenvalue weighted by atomic mass is 16.5. The zero-order valence-corrected chi connectivity index (χ0v) is 16.3. The first-order valence-corrected chi connectivity index (χ1v) is 9.53. The van der Waals surface area contributed by atoms with E-state index in [-0.39, 0.29) is 0 Å². The minimum absolute atomic E-state index is 0.418. The van der Waals surface area contributed by atoms with Gasteiger partial charge in [-0.2, -0.15) is 0 Å². The van der Waals surface area contributed by atoms with Crippen LogP contribution in [0.2, 0.25) is 0 Å². The molecule has 0 aromatic heterocycles. The number of hydrogen-bond donors (Lipinski definition) is 1. The summed E-state index contributed by atoms with van der Waals surface area (Å²) >= 11 is 0. The molecule has 1 N–H and O–H groups in total. The molecule has 0 bridgehead atoms. The van der Waals surface area contributed by atoms with Crippen LogP contribution in [0.1, 0.15) is 58.3 Å². The molecule has 0 aliphatic rings. The zero-order chi connectivity index (χ0) is 19.3. The van der Waals surface area contributed by atoms with Crippen molar-refractivity contribution in [1.82, 2.24) is 0 Å². The van der Waals surface area contributed by atoms with Crippen LogP contribution < -0.4 is 0 Å². The first-order chi connectivity index (χ1) is 12.7. The number of rotatable bonds is 14. The second-order valence-electron chi connectivity index (χ2n) is 5.92. The maximum Gasteiger partial charge on any atom is 0.373 e. The summed E-state index contributed by atoms with van der Waals surface area (Å²) in [5.41, 5.74) is 0. The molecule has 0 saturated carbocycles. The van der Waals surface area contributed by atoms with Gasteiger partial charge < -0.3 is 9.84 Å². The van der Waals surface area contributed by atoms with Crippen LogP contribution in [0.25, 0.3) is 0 Å². The van der Waals surface area contributed by atoms with E-state index in [1.807, 2.05) is 36.5 Å². The summed E-state index contributed by atoms with van der Waals surface area (Å²) in [5.74, 6) is -1.16. The van der Waals surface area contributed by atoms with E-state index in [0.717, 1.165) is 6.42 Å². The lowest BCUT2D eigenvalue weighted by Gasteiger charge is -1.98. The Morgan fingerprint density at radius 3 is 1.85 bits per heavy atom. The second kappa shape index (κ2) is 19.0. The van der Waals surface area contributed by atoms with E-state index in [0.29, 0.717) is 0 Å². The van der Waals surface area contributed by atoms with E-state index in [9.17, 15) is 9.90 Å². The smallest absolute Gasteiger partial charge is 0.373 e. The third-order valence-corrected chi connectivity index (χ3v) is 3.65. The molecular weight excluding hydrogens is 324 g/mol. The molecule has 3 heteroatoms. The minimum atomic E-state index is -0.747. The largest absolute Gasteiger partial charge is 0.502 e. The Morgan fingerprint density at radius 1 is 0.769 bits per heavy atom. The average molecular weight is 359 g/mol. The van der Waals surface area contributed by atoms with Crippen LogP contribution in [0.4, 0.5) is 0 Å². The van der Waals surface area contributed by atoms with Gasteiger partial charge in [0.1, 0.15) is 0 Å². The summed E-state index contributed by atoms with van der Waals surface area (Å²) < 4.78 is 4.37. The molecule has 144 valence electrons. The van der Waals surface area contributed by atoms with Crippen molar-refractivity contribution in [2.24, 2.45) is 0 Å². The third kappa shape index (κ3) is 16.6. The van der Waals surface area contributed by atoms with Crippen LogP contribution >= 0.6 is 0 Å². The van der Waals surface area contributed by atoms with Crippen LogP contribution in [0.15, 0.2) is 72.6 Å². The zero-order valence-electron chi connectivity index (χ0n) is 16.3. The Kier molecular flexibility index (Phi) is 17.4. The topological polar surface area (TPSA) is 46.5 Å². The summed E-state index contributed by atoms with van der Waals surface area (Å²) in [6, 6.07) is 0. The molecule has 0 aliphatic heterocycles. The number of carbonyl (C=O) groups excluding carboxylic acids is 1. The van der Waals surface area contributed by atoms with Gasteiger partial charge in [0.25, 0.3) is 0 Å². The minimum Gasteiger partial charge on any atom is -0.502 e. The molecule has 0 atom stereocenters. The van der Waals surface area contributed by atoms with E-state index in [1.54, 1.807) is 12.2 Å². The SMILES string of the molecule is CCCCCCCCCC=CC=CC=CC=CC=CC=C(O)C(=O)OC. The van der Waals surface area contributed by atoms with Crippen molar-refractivity contribution >= 4 is 5.97 Å². The molecule has 3 nitrogen and oxygen atoms in total. The Hall–Kier alpha value is -2.29. The normalized spacial score (nSPS) is 13.2. The van der Waals surface area contributed by atoms with E-state index in [2.05, 4.69) is 23.8 Å². The van der Waals surface area contributed by atoms with Crippen molar-refractivity contribution in [1.29, 1.82) is 0 Å². The molecule has 0 radical (unpaired) electrons. The molecular formula is C23H34O3. The fraction of sp³-hybridized carbons (Fsp3) is 0.435. The molecule has 0 heterocycles. The number of aliphatic hydroxyl groups is 1. The number of hydrogen-bond acceptors (Lipinski definition) is 3. The Balaban J connectivity index is 3.73. The van der Waals surface area contributed by atoms with Crippen LogP contribution in [0.3, 0.4) is 0 Å². The van der Waals surface area contributed by atoms with Crippen molar-refractivity contribution < 1.29 is 14.6 Å². The molecule has 0 rings (SSSR count). The number of aliphatic hydroxyl groups excluding tert-OH is 1. The van der Waals surface area contributed by atoms with Gasteiger partial charge in [0.15, 0.2) is 0 Å². The first kappa shape index (κ1) is 23.7. The van der Waals surface area contributed by atoms with E-state index >= 15 is 0 Å². The number of unbranched alkanes of at least 4 members (excludes halogenated alkanes) is 7. The molecule has 0 aromatic carbocycles. The average Bonchev–Trinajstić information content (AvgIpc) is 2.66. The van der Waals surface area contributed by atoms with Gasteiger partial charge in [0.05, 0.1) is 7.11 Å². The van der Waals surface area contributed by atoms with Crippen LogP contribution in [-0.2, 0) is 9.53 Å². The first-order valence-electron chi connectivity index (χ1n) is 9.53. The van der Waals surface area contributed by atoms with Gasteiger partial charge in [-0.25, -0.2) is 4.79 Å². The Bertz CT molecular complexity index is 520. The third-order valence-electron chi connectivity index (χ3n) is 3.65. The predicted molar refractivity (Wildman–Crippen MR) is 111 cm³/mol. The van der Waals surface area contributed by atoms with Crippen LogP contribution in [0, 0.1) is 0 Å². The highest BCUT2D eigenvalue weighted by molar-refractivity contribution is 5.85. The quantitative estimate of drug-likeness (QED) is 0.126. The molecule has 0 aliphatic carbocycles. The van der Waals surface area contributed by atoms with Crippen LogP contribution in [0.5, 0.6) is 0 Å². The van der Waals surface area contributed by atoms with Crippen molar-refractivity contribution in [3.8, 4) is 0 Å². The summed E-state index contributed by atoms with van der Waals surface area (Å²) in [7, 11) is 1.22. The fourth-order valence-electron chi connectivity index (χ4n) is 2.16. The van der Waals surface area contributed by atoms with Gasteiger partial charge in [-0.1, -0.05) is 106 Å². The highest BCUT2D eigenvalue weighted by Crippen LogP contribution is 2.08. The van der Waals surface area contributed by atoms with Crippen molar-refractivity contribution in [2.45, 2.75) is 58.3 Å². The lowest BCUT2D eigenvalue weighted by molar-refractivity contribution is -0.139. The number of ether oxygens (including phenoxy) is 1. The number of esters is 1. The van der Waals surface area contributed by atoms with E-state index in [4.69, 9.17) is 0 Å². The molecule has 0 saturated heterocycles. The van der Waals surface area contributed by atoms with Crippen molar-refractivity contribution in [2.75, 3.05) is 7.11 Å². The van der Waals surface area contributed by atoms with E-state index < -0.39 is 11.7 Å². The van der Waals surface area contributed by atoms with Crippen LogP contribution in [-0.4, -0.2) is 18.2 Å². The van der Waals surface area contributed by atoms with E-state index in [1.165, 1.54) is 58.1 Å². The summed E-state index contributed by atoms with van der Waals surface area (Å²) in [4.78, 5) is 10.9. The fourth-order valence-corrected chi connectivity index (χ4v) is 2.16. The monoisotopic (exact) mass is 358 g/mol. The second-order valence-corrected chi connectivity index (χ2v) is 5.92. The lowest BCUT2D eigenvalue weighted by Crippen LogP contribution is -2.02.